The molecule has 0 radical (unpaired) electrons. The second-order valence-electron chi connectivity index (χ2n) is 4.07. The normalized spacial score (nSPS) is 17.8. The van der Waals surface area contributed by atoms with Crippen LogP contribution in [0, 0.1) is 0 Å². The Balaban J connectivity index is 2.00. The van der Waals surface area contributed by atoms with Gasteiger partial charge in [0.1, 0.15) is 5.70 Å². The number of fused-ring (bicyclic) bond motifs is 1. The van der Waals surface area contributed by atoms with Gasteiger partial charge in [0.2, 0.25) is 0 Å². The van der Waals surface area contributed by atoms with Crippen LogP contribution in [-0.2, 0) is 4.79 Å². The Morgan fingerprint density at radius 1 is 1.44 bits per heavy atom. The average Bonchev–Trinajstić information content (AvgIpc) is 2.91. The predicted molar refractivity (Wildman–Crippen MR) is 72.6 cm³/mol. The van der Waals surface area contributed by atoms with Crippen molar-refractivity contribution in [3.8, 4) is 0 Å². The van der Waals surface area contributed by atoms with E-state index in [1.54, 1.807) is 19.3 Å². The van der Waals surface area contributed by atoms with Crippen molar-refractivity contribution < 1.29 is 4.79 Å². The van der Waals surface area contributed by atoms with E-state index in [1.807, 2.05) is 18.2 Å². The molecular weight excluding hydrogens is 248 g/mol. The third kappa shape index (κ3) is 1.67. The fourth-order valence-corrected chi connectivity index (χ4v) is 2.03. The number of aromatic amines is 1. The molecular formula is C12H10N4OS. The Bertz CT molecular complexity index is 688. The van der Waals surface area contributed by atoms with Crippen LogP contribution in [0.5, 0.6) is 0 Å². The molecule has 6 heteroatoms. The maximum absolute atomic E-state index is 11.8. The summed E-state index contributed by atoms with van der Waals surface area (Å²) in [5.41, 5.74) is 2.39. The molecule has 1 aliphatic rings. The zero-order valence-electron chi connectivity index (χ0n) is 9.60. The van der Waals surface area contributed by atoms with Crippen LogP contribution in [0.4, 0.5) is 0 Å². The van der Waals surface area contributed by atoms with E-state index in [9.17, 15) is 4.79 Å². The average molecular weight is 258 g/mol. The van der Waals surface area contributed by atoms with Crippen LogP contribution >= 0.6 is 12.2 Å². The van der Waals surface area contributed by atoms with E-state index in [0.29, 0.717) is 10.8 Å². The molecule has 2 heterocycles. The number of carbonyl (C=O) groups excluding carboxylic acids is 1. The number of aromatic nitrogens is 2. The molecule has 0 bridgehead atoms. The summed E-state index contributed by atoms with van der Waals surface area (Å²) in [4.78, 5) is 13.2. The van der Waals surface area contributed by atoms with Gasteiger partial charge in [-0.2, -0.15) is 5.10 Å². The molecule has 3 rings (SSSR count). The monoisotopic (exact) mass is 258 g/mol. The first-order valence-corrected chi connectivity index (χ1v) is 5.80. The Labute approximate surface area is 108 Å². The van der Waals surface area contributed by atoms with Crippen molar-refractivity contribution in [3.63, 3.8) is 0 Å². The van der Waals surface area contributed by atoms with Gasteiger partial charge in [0.25, 0.3) is 5.91 Å². The van der Waals surface area contributed by atoms with Gasteiger partial charge in [0.05, 0.1) is 11.7 Å². The minimum Gasteiger partial charge on any atom is -0.328 e. The summed E-state index contributed by atoms with van der Waals surface area (Å²) in [5.74, 6) is -0.118. The molecule has 1 amide bonds. The maximum atomic E-state index is 11.8. The van der Waals surface area contributed by atoms with Gasteiger partial charge in [-0.1, -0.05) is 6.07 Å². The van der Waals surface area contributed by atoms with Gasteiger partial charge in [-0.25, -0.2) is 0 Å². The van der Waals surface area contributed by atoms with Crippen molar-refractivity contribution in [2.24, 2.45) is 0 Å². The van der Waals surface area contributed by atoms with Crippen LogP contribution in [0.15, 0.2) is 30.1 Å². The number of nitrogens with one attached hydrogen (secondary N) is 2. The number of hydrogen-bond acceptors (Lipinski definition) is 3. The number of amides is 1. The lowest BCUT2D eigenvalue weighted by Gasteiger charge is -2.02. The third-order valence-corrected chi connectivity index (χ3v) is 3.23. The van der Waals surface area contributed by atoms with Crippen LogP contribution in [-0.4, -0.2) is 33.2 Å². The molecule has 0 unspecified atom stereocenters. The largest absolute Gasteiger partial charge is 0.328 e. The molecule has 1 aliphatic heterocycles. The fraction of sp³-hybridized carbons (Fsp3) is 0.0833. The van der Waals surface area contributed by atoms with Crippen LogP contribution in [0.25, 0.3) is 17.0 Å². The number of rotatable bonds is 1. The van der Waals surface area contributed by atoms with Crippen LogP contribution in [0.1, 0.15) is 5.56 Å². The highest BCUT2D eigenvalue weighted by Gasteiger charge is 2.26. The predicted octanol–water partition coefficient (Wildman–Crippen LogP) is 1.25. The van der Waals surface area contributed by atoms with Gasteiger partial charge in [-0.15, -0.1) is 0 Å². The highest BCUT2D eigenvalue weighted by Crippen LogP contribution is 2.17. The molecule has 1 aromatic carbocycles. The Morgan fingerprint density at radius 2 is 2.28 bits per heavy atom. The summed E-state index contributed by atoms with van der Waals surface area (Å²) in [6.45, 7) is 0. The van der Waals surface area contributed by atoms with Crippen molar-refractivity contribution in [2.45, 2.75) is 0 Å². The minimum absolute atomic E-state index is 0.118. The first-order chi connectivity index (χ1) is 8.65. The van der Waals surface area contributed by atoms with Gasteiger partial charge in [0, 0.05) is 12.4 Å². The van der Waals surface area contributed by atoms with Gasteiger partial charge in [-0.05, 0) is 36.0 Å². The zero-order chi connectivity index (χ0) is 12.7. The van der Waals surface area contributed by atoms with Gasteiger partial charge in [0.15, 0.2) is 5.11 Å². The van der Waals surface area contributed by atoms with Crippen LogP contribution < -0.4 is 5.32 Å². The summed E-state index contributed by atoms with van der Waals surface area (Å²) >= 11 is 5.01. The van der Waals surface area contributed by atoms with Crippen molar-refractivity contribution >= 4 is 40.2 Å². The molecule has 0 aliphatic carbocycles. The number of thiocarbonyl (C=S) groups is 1. The third-order valence-electron chi connectivity index (χ3n) is 2.86. The highest BCUT2D eigenvalue weighted by atomic mass is 32.1. The number of nitrogens with zero attached hydrogens (tertiary/aromatic N) is 2. The van der Waals surface area contributed by atoms with E-state index in [-0.39, 0.29) is 5.91 Å². The molecule has 5 nitrogen and oxygen atoms in total. The summed E-state index contributed by atoms with van der Waals surface area (Å²) < 4.78 is 0. The van der Waals surface area contributed by atoms with E-state index >= 15 is 0 Å². The topological polar surface area (TPSA) is 61.0 Å². The van der Waals surface area contributed by atoms with E-state index < -0.39 is 0 Å². The molecule has 1 aromatic heterocycles. The maximum Gasteiger partial charge on any atom is 0.276 e. The summed E-state index contributed by atoms with van der Waals surface area (Å²) in [6.07, 6.45) is 3.53. The molecule has 90 valence electrons. The number of benzene rings is 1. The summed E-state index contributed by atoms with van der Waals surface area (Å²) in [5, 5.41) is 11.2. The molecule has 2 N–H and O–H groups in total. The van der Waals surface area contributed by atoms with Crippen LogP contribution in [0.3, 0.4) is 0 Å². The molecule has 0 atom stereocenters. The Morgan fingerprint density at radius 3 is 3.00 bits per heavy atom. The van der Waals surface area contributed by atoms with Crippen molar-refractivity contribution in [1.29, 1.82) is 0 Å². The molecule has 2 aromatic rings. The zero-order valence-corrected chi connectivity index (χ0v) is 10.4. The Hall–Kier alpha value is -2.21. The lowest BCUT2D eigenvalue weighted by molar-refractivity contribution is -0.121. The van der Waals surface area contributed by atoms with Crippen molar-refractivity contribution in [1.82, 2.24) is 20.4 Å². The standard InChI is InChI=1S/C12H10N4OS/c1-16-11(17)10(14-12(16)18)5-7-2-3-9-8(4-7)6-13-15-9/h2-6H,1H3,(H,13,15)(H,14,18)/b10-5-. The summed E-state index contributed by atoms with van der Waals surface area (Å²) in [6, 6.07) is 5.81. The quantitative estimate of drug-likeness (QED) is 0.597. The van der Waals surface area contributed by atoms with Crippen LogP contribution in [0.2, 0.25) is 0 Å². The number of likely N-dealkylation sites (N-methyl/N-ethyl adjacent to an activating group) is 1. The van der Waals surface area contributed by atoms with Crippen molar-refractivity contribution in [2.75, 3.05) is 7.05 Å². The number of carbonyl (C=O) groups is 1. The second-order valence-corrected chi connectivity index (χ2v) is 4.46. The van der Waals surface area contributed by atoms with E-state index in [0.717, 1.165) is 16.5 Å². The minimum atomic E-state index is -0.118. The molecule has 18 heavy (non-hydrogen) atoms. The highest BCUT2D eigenvalue weighted by molar-refractivity contribution is 7.80. The van der Waals surface area contributed by atoms with Crippen molar-refractivity contribution in [3.05, 3.63) is 35.7 Å². The molecule has 0 spiro atoms. The Kier molecular flexibility index (Phi) is 2.38. The van der Waals surface area contributed by atoms with E-state index in [2.05, 4.69) is 15.5 Å². The second kappa shape index (κ2) is 3.92. The van der Waals surface area contributed by atoms with Gasteiger partial charge in [-0.3, -0.25) is 14.8 Å². The van der Waals surface area contributed by atoms with E-state index in [4.69, 9.17) is 12.2 Å². The first kappa shape index (κ1) is 10.9. The van der Waals surface area contributed by atoms with Gasteiger partial charge < -0.3 is 5.32 Å². The first-order valence-electron chi connectivity index (χ1n) is 5.39. The fourth-order valence-electron chi connectivity index (χ4n) is 1.84. The lowest BCUT2D eigenvalue weighted by atomic mass is 10.1. The van der Waals surface area contributed by atoms with E-state index in [1.165, 1.54) is 4.90 Å². The molecule has 1 saturated heterocycles. The number of H-pyrrole nitrogens is 1. The smallest absolute Gasteiger partial charge is 0.276 e. The lowest BCUT2D eigenvalue weighted by Crippen LogP contribution is -2.25. The SMILES string of the molecule is CN1C(=O)/C(=C/c2ccc3[nH]ncc3c2)NC1=S. The van der Waals surface area contributed by atoms with Gasteiger partial charge >= 0.3 is 0 Å². The number of hydrogen-bond donors (Lipinski definition) is 2. The molecule has 1 fully saturated rings. The molecule has 0 saturated carbocycles. The summed E-state index contributed by atoms with van der Waals surface area (Å²) in [7, 11) is 1.65.